The maximum Gasteiger partial charge on any atom is 0.449 e. The second kappa shape index (κ2) is 10.00. The average Bonchev–Trinajstić information content (AvgIpc) is 2.64. The van der Waals surface area contributed by atoms with Crippen molar-refractivity contribution in [2.45, 2.75) is 44.7 Å². The van der Waals surface area contributed by atoms with E-state index in [1.165, 1.54) is 0 Å². The molecule has 0 bridgehead atoms. The number of carbonyl (C=O) groups is 1. The molecule has 0 amide bonds. The van der Waals surface area contributed by atoms with E-state index in [1.54, 1.807) is 0 Å². The van der Waals surface area contributed by atoms with Crippen LogP contribution in [0.2, 0.25) is 0 Å². The summed E-state index contributed by atoms with van der Waals surface area (Å²) in [6.45, 7) is 0.576. The highest BCUT2D eigenvalue weighted by Gasteiger charge is 2.36. The Morgan fingerprint density at radius 2 is 1.35 bits per heavy atom. The van der Waals surface area contributed by atoms with Gasteiger partial charge in [0.25, 0.3) is 0 Å². The number of halogens is 3. The number of alkyl halides is 3. The van der Waals surface area contributed by atoms with Crippen molar-refractivity contribution in [1.82, 2.24) is 0 Å². The summed E-state index contributed by atoms with van der Waals surface area (Å²) < 4.78 is 41.8. The summed E-state index contributed by atoms with van der Waals surface area (Å²) in [5.74, 6) is -0.819. The first-order valence-electron chi connectivity index (χ1n) is 8.85. The molecule has 2 aromatic carbocycles. The van der Waals surface area contributed by atoms with Gasteiger partial charge in [0.05, 0.1) is 6.61 Å². The highest BCUT2D eigenvalue weighted by atomic mass is 19.4. The summed E-state index contributed by atoms with van der Waals surface area (Å²) >= 11 is 0. The van der Waals surface area contributed by atoms with E-state index in [1.807, 2.05) is 42.5 Å². The molecule has 0 aliphatic rings. The van der Waals surface area contributed by atoms with Crippen molar-refractivity contribution in [1.29, 1.82) is 0 Å². The molecule has 0 saturated carbocycles. The SMILES string of the molecule is O=C(CCCCCCCOc1ccc(-c2ccccc2)cc1)C(F)(F)F. The van der Waals surface area contributed by atoms with E-state index in [4.69, 9.17) is 4.74 Å². The summed E-state index contributed by atoms with van der Waals surface area (Å²) in [6, 6.07) is 18.0. The second-order valence-electron chi connectivity index (χ2n) is 6.18. The molecule has 26 heavy (non-hydrogen) atoms. The normalized spacial score (nSPS) is 11.3. The third kappa shape index (κ3) is 6.90. The van der Waals surface area contributed by atoms with Crippen LogP contribution in [-0.2, 0) is 4.79 Å². The van der Waals surface area contributed by atoms with Crippen LogP contribution in [0, 0.1) is 0 Å². The maximum atomic E-state index is 12.0. The van der Waals surface area contributed by atoms with E-state index < -0.39 is 18.4 Å². The lowest BCUT2D eigenvalue weighted by atomic mass is 10.1. The molecular formula is C21H23F3O2. The van der Waals surface area contributed by atoms with Crippen LogP contribution < -0.4 is 4.74 Å². The van der Waals surface area contributed by atoms with Gasteiger partial charge in [-0.2, -0.15) is 13.2 Å². The lowest BCUT2D eigenvalue weighted by molar-refractivity contribution is -0.171. The number of carbonyl (C=O) groups excluding carboxylic acids is 1. The molecule has 0 spiro atoms. The van der Waals surface area contributed by atoms with Crippen molar-refractivity contribution in [3.63, 3.8) is 0 Å². The molecule has 0 radical (unpaired) electrons. The largest absolute Gasteiger partial charge is 0.494 e. The van der Waals surface area contributed by atoms with Crippen LogP contribution in [0.25, 0.3) is 11.1 Å². The van der Waals surface area contributed by atoms with Crippen LogP contribution in [0.1, 0.15) is 38.5 Å². The third-order valence-electron chi connectivity index (χ3n) is 4.09. The molecule has 5 heteroatoms. The summed E-state index contributed by atoms with van der Waals surface area (Å²) in [5, 5.41) is 0. The van der Waals surface area contributed by atoms with Gasteiger partial charge in [-0.3, -0.25) is 4.79 Å². The smallest absolute Gasteiger partial charge is 0.449 e. The first-order valence-corrected chi connectivity index (χ1v) is 8.85. The Balaban J connectivity index is 1.57. The Morgan fingerprint density at radius 3 is 2.00 bits per heavy atom. The van der Waals surface area contributed by atoms with Crippen molar-refractivity contribution in [3.8, 4) is 16.9 Å². The monoisotopic (exact) mass is 364 g/mol. The molecule has 0 N–H and O–H groups in total. The number of benzene rings is 2. The minimum Gasteiger partial charge on any atom is -0.494 e. The number of hydrogen-bond acceptors (Lipinski definition) is 2. The zero-order chi connectivity index (χ0) is 18.8. The molecule has 0 aliphatic carbocycles. The average molecular weight is 364 g/mol. The number of Topliss-reactive ketones (excluding diaryl/α,β-unsaturated/α-hetero) is 1. The fourth-order valence-corrected chi connectivity index (χ4v) is 2.62. The summed E-state index contributed by atoms with van der Waals surface area (Å²) in [4.78, 5) is 10.7. The third-order valence-corrected chi connectivity index (χ3v) is 4.09. The number of ether oxygens (including phenoxy) is 1. The lowest BCUT2D eigenvalue weighted by Gasteiger charge is -2.08. The minimum absolute atomic E-state index is 0.292. The Labute approximate surface area is 152 Å². The summed E-state index contributed by atoms with van der Waals surface area (Å²) in [5.41, 5.74) is 2.29. The Bertz CT molecular complexity index is 664. The van der Waals surface area contributed by atoms with E-state index in [9.17, 15) is 18.0 Å². The Morgan fingerprint density at radius 1 is 0.769 bits per heavy atom. The van der Waals surface area contributed by atoms with Gasteiger partial charge in [0.15, 0.2) is 0 Å². The molecule has 140 valence electrons. The van der Waals surface area contributed by atoms with Crippen molar-refractivity contribution >= 4 is 5.78 Å². The standard InChI is InChI=1S/C21H23F3O2/c22-21(23,24)20(25)11-7-2-1-3-8-16-26-19-14-12-18(13-15-19)17-9-5-4-6-10-17/h4-6,9-10,12-15H,1-3,7-8,11,16H2. The van der Waals surface area contributed by atoms with Gasteiger partial charge in [-0.15, -0.1) is 0 Å². The Kier molecular flexibility index (Phi) is 7.70. The highest BCUT2D eigenvalue weighted by Crippen LogP contribution is 2.22. The molecular weight excluding hydrogens is 341 g/mol. The van der Waals surface area contributed by atoms with E-state index in [0.717, 1.165) is 36.1 Å². The van der Waals surface area contributed by atoms with Crippen molar-refractivity contribution in [2.75, 3.05) is 6.61 Å². The van der Waals surface area contributed by atoms with Crippen LogP contribution in [0.5, 0.6) is 5.75 Å². The van der Waals surface area contributed by atoms with Crippen molar-refractivity contribution in [2.24, 2.45) is 0 Å². The van der Waals surface area contributed by atoms with Crippen molar-refractivity contribution in [3.05, 3.63) is 54.6 Å². The number of rotatable bonds is 10. The predicted octanol–water partition coefficient (Wildman–Crippen LogP) is 6.20. The fourth-order valence-electron chi connectivity index (χ4n) is 2.62. The maximum absolute atomic E-state index is 12.0. The first kappa shape index (κ1) is 20.0. The number of unbranched alkanes of at least 4 members (excludes halogenated alkanes) is 4. The molecule has 0 atom stereocenters. The van der Waals surface area contributed by atoms with Crippen molar-refractivity contribution < 1.29 is 22.7 Å². The topological polar surface area (TPSA) is 26.3 Å². The van der Waals surface area contributed by atoms with Gasteiger partial charge in [-0.05, 0) is 36.1 Å². The molecule has 2 nitrogen and oxygen atoms in total. The van der Waals surface area contributed by atoms with Gasteiger partial charge < -0.3 is 4.74 Å². The van der Waals surface area contributed by atoms with Crippen LogP contribution in [0.3, 0.4) is 0 Å². The minimum atomic E-state index is -4.69. The van der Waals surface area contributed by atoms with Gasteiger partial charge in [0.1, 0.15) is 5.75 Å². The predicted molar refractivity (Wildman–Crippen MR) is 96.1 cm³/mol. The van der Waals surface area contributed by atoms with Crippen LogP contribution >= 0.6 is 0 Å². The molecule has 0 fully saturated rings. The van der Waals surface area contributed by atoms with Gasteiger partial charge in [0, 0.05) is 6.42 Å². The van der Waals surface area contributed by atoms with Gasteiger partial charge in [-0.25, -0.2) is 0 Å². The first-order chi connectivity index (χ1) is 12.5. The molecule has 0 unspecified atom stereocenters. The molecule has 0 aromatic heterocycles. The van der Waals surface area contributed by atoms with Gasteiger partial charge in [0.2, 0.25) is 5.78 Å². The van der Waals surface area contributed by atoms with Crippen LogP contribution in [0.4, 0.5) is 13.2 Å². The summed E-state index contributed by atoms with van der Waals surface area (Å²) in [6.07, 6.45) is -1.65. The van der Waals surface area contributed by atoms with Gasteiger partial charge in [-0.1, -0.05) is 61.7 Å². The second-order valence-corrected chi connectivity index (χ2v) is 6.18. The van der Waals surface area contributed by atoms with Crippen LogP contribution in [-0.4, -0.2) is 18.6 Å². The number of hydrogen-bond donors (Lipinski definition) is 0. The molecule has 0 aliphatic heterocycles. The van der Waals surface area contributed by atoms with E-state index in [-0.39, 0.29) is 0 Å². The number of ketones is 1. The van der Waals surface area contributed by atoms with Crippen LogP contribution in [0.15, 0.2) is 54.6 Å². The molecule has 2 rings (SSSR count). The zero-order valence-corrected chi connectivity index (χ0v) is 14.6. The van der Waals surface area contributed by atoms with E-state index in [2.05, 4.69) is 12.1 Å². The quantitative estimate of drug-likeness (QED) is 0.469. The summed E-state index contributed by atoms with van der Waals surface area (Å²) in [7, 11) is 0. The van der Waals surface area contributed by atoms with E-state index in [0.29, 0.717) is 19.4 Å². The highest BCUT2D eigenvalue weighted by molar-refractivity contribution is 5.83. The molecule has 2 aromatic rings. The molecule has 0 heterocycles. The molecule has 0 saturated heterocycles. The van der Waals surface area contributed by atoms with E-state index >= 15 is 0 Å². The zero-order valence-electron chi connectivity index (χ0n) is 14.6. The van der Waals surface area contributed by atoms with Gasteiger partial charge >= 0.3 is 6.18 Å². The Hall–Kier alpha value is -2.30. The fraction of sp³-hybridized carbons (Fsp3) is 0.381. The lowest BCUT2D eigenvalue weighted by Crippen LogP contribution is -2.22.